The lowest BCUT2D eigenvalue weighted by Crippen LogP contribution is -2.36. The highest BCUT2D eigenvalue weighted by atomic mass is 79.9. The number of carbonyl (C=O) groups excluding carboxylic acids is 1. The molecule has 0 radical (unpaired) electrons. The van der Waals surface area contributed by atoms with Crippen LogP contribution in [0.5, 0.6) is 0 Å². The Morgan fingerprint density at radius 2 is 1.94 bits per heavy atom. The molecule has 0 spiro atoms. The predicted octanol–water partition coefficient (Wildman–Crippen LogP) is 4.21. The maximum Gasteiger partial charge on any atom is 0.254 e. The van der Waals surface area contributed by atoms with E-state index in [0.29, 0.717) is 6.04 Å². The minimum Gasteiger partial charge on any atom is -0.335 e. The van der Waals surface area contributed by atoms with Crippen LogP contribution in [0.1, 0.15) is 23.2 Å². The van der Waals surface area contributed by atoms with Crippen LogP contribution >= 0.6 is 47.8 Å². The average Bonchev–Trinajstić information content (AvgIpc) is 2.74. The van der Waals surface area contributed by atoms with Gasteiger partial charge in [0.1, 0.15) is 0 Å². The van der Waals surface area contributed by atoms with Crippen molar-refractivity contribution in [1.29, 1.82) is 0 Å². The van der Waals surface area contributed by atoms with E-state index in [1.165, 1.54) is 0 Å². The molecule has 0 N–H and O–H groups in total. The smallest absolute Gasteiger partial charge is 0.254 e. The number of likely N-dealkylation sites (tertiary alicyclic amines) is 1. The van der Waals surface area contributed by atoms with Crippen molar-refractivity contribution < 1.29 is 4.79 Å². The third kappa shape index (κ3) is 3.12. The summed E-state index contributed by atoms with van der Waals surface area (Å²) in [5, 5.41) is 0.855. The summed E-state index contributed by atoms with van der Waals surface area (Å²) in [4.78, 5) is 14.3. The zero-order valence-electron chi connectivity index (χ0n) is 9.13. The van der Waals surface area contributed by atoms with Gasteiger partial charge in [-0.25, -0.2) is 0 Å². The van der Waals surface area contributed by atoms with Crippen molar-refractivity contribution in [3.05, 3.63) is 32.7 Å². The standard InChI is InChI=1S/C12H12Br3NO/c13-7-11-2-1-3-16(11)12(17)8-4-9(14)6-10(15)5-8/h4-6,11H,1-3,7H2. The van der Waals surface area contributed by atoms with Crippen molar-refractivity contribution in [3.63, 3.8) is 0 Å². The van der Waals surface area contributed by atoms with Gasteiger partial charge in [0.15, 0.2) is 0 Å². The lowest BCUT2D eigenvalue weighted by Gasteiger charge is -2.23. The normalized spacial score (nSPS) is 19.7. The Morgan fingerprint density at radius 3 is 2.53 bits per heavy atom. The third-order valence-electron chi connectivity index (χ3n) is 2.93. The van der Waals surface area contributed by atoms with E-state index in [1.807, 2.05) is 23.1 Å². The molecule has 2 rings (SSSR count). The highest BCUT2D eigenvalue weighted by molar-refractivity contribution is 9.11. The van der Waals surface area contributed by atoms with Gasteiger partial charge in [-0.2, -0.15) is 0 Å². The van der Waals surface area contributed by atoms with Gasteiger partial charge in [-0.15, -0.1) is 0 Å². The molecule has 0 aromatic heterocycles. The Balaban J connectivity index is 2.24. The minimum atomic E-state index is 0.119. The lowest BCUT2D eigenvalue weighted by atomic mass is 10.2. The van der Waals surface area contributed by atoms with Crippen LogP contribution in [-0.2, 0) is 0 Å². The summed E-state index contributed by atoms with van der Waals surface area (Å²) in [5.41, 5.74) is 0.735. The fourth-order valence-corrected chi connectivity index (χ4v) is 4.07. The monoisotopic (exact) mass is 423 g/mol. The van der Waals surface area contributed by atoms with E-state index in [-0.39, 0.29) is 5.91 Å². The van der Waals surface area contributed by atoms with Crippen LogP contribution in [0.2, 0.25) is 0 Å². The fraction of sp³-hybridized carbons (Fsp3) is 0.417. The number of nitrogens with zero attached hydrogens (tertiary/aromatic N) is 1. The molecule has 1 atom stereocenters. The van der Waals surface area contributed by atoms with Gasteiger partial charge in [0.2, 0.25) is 0 Å². The van der Waals surface area contributed by atoms with Gasteiger partial charge in [0.25, 0.3) is 5.91 Å². The molecule has 1 heterocycles. The summed E-state index contributed by atoms with van der Waals surface area (Å²) in [6, 6.07) is 6.01. The molecular formula is C12H12Br3NO. The van der Waals surface area contributed by atoms with Crippen LogP contribution in [0.3, 0.4) is 0 Å². The maximum absolute atomic E-state index is 12.4. The molecule has 5 heteroatoms. The number of carbonyl (C=O) groups is 1. The van der Waals surface area contributed by atoms with Crippen molar-refractivity contribution in [2.45, 2.75) is 18.9 Å². The number of benzene rings is 1. The molecule has 1 saturated heterocycles. The molecule has 1 aliphatic heterocycles. The second kappa shape index (κ2) is 5.85. The molecule has 92 valence electrons. The van der Waals surface area contributed by atoms with Gasteiger partial charge >= 0.3 is 0 Å². The SMILES string of the molecule is O=C(c1cc(Br)cc(Br)c1)N1CCCC1CBr. The summed E-state index contributed by atoms with van der Waals surface area (Å²) < 4.78 is 1.84. The highest BCUT2D eigenvalue weighted by Crippen LogP contribution is 2.25. The van der Waals surface area contributed by atoms with Crippen LogP contribution in [0.25, 0.3) is 0 Å². The van der Waals surface area contributed by atoms with Crippen LogP contribution in [0, 0.1) is 0 Å². The molecule has 17 heavy (non-hydrogen) atoms. The van der Waals surface area contributed by atoms with Crippen molar-refractivity contribution in [2.75, 3.05) is 11.9 Å². The van der Waals surface area contributed by atoms with Crippen molar-refractivity contribution in [2.24, 2.45) is 0 Å². The van der Waals surface area contributed by atoms with Crippen molar-refractivity contribution in [3.8, 4) is 0 Å². The number of rotatable bonds is 2. The van der Waals surface area contributed by atoms with Gasteiger partial charge in [-0.3, -0.25) is 4.79 Å². The molecule has 1 unspecified atom stereocenters. The average molecular weight is 426 g/mol. The van der Waals surface area contributed by atoms with E-state index < -0.39 is 0 Å². The number of halogens is 3. The Kier molecular flexibility index (Phi) is 4.66. The van der Waals surface area contributed by atoms with E-state index in [1.54, 1.807) is 0 Å². The van der Waals surface area contributed by atoms with Gasteiger partial charge < -0.3 is 4.90 Å². The molecule has 1 aromatic carbocycles. The lowest BCUT2D eigenvalue weighted by molar-refractivity contribution is 0.0750. The minimum absolute atomic E-state index is 0.119. The molecule has 0 saturated carbocycles. The molecule has 1 aromatic rings. The summed E-state index contributed by atoms with van der Waals surface area (Å²) in [6.45, 7) is 0.860. The first-order valence-corrected chi connectivity index (χ1v) is 8.15. The fourth-order valence-electron chi connectivity index (χ4n) is 2.11. The van der Waals surface area contributed by atoms with Gasteiger partial charge in [0.05, 0.1) is 0 Å². The molecule has 1 amide bonds. The van der Waals surface area contributed by atoms with E-state index in [9.17, 15) is 4.79 Å². The second-order valence-electron chi connectivity index (χ2n) is 4.11. The molecule has 2 nitrogen and oxygen atoms in total. The number of alkyl halides is 1. The van der Waals surface area contributed by atoms with E-state index in [2.05, 4.69) is 47.8 Å². The Bertz CT molecular complexity index is 416. The van der Waals surface area contributed by atoms with E-state index in [4.69, 9.17) is 0 Å². The molecule has 0 bridgehead atoms. The summed E-state index contributed by atoms with van der Waals surface area (Å²) in [5.74, 6) is 0.119. The zero-order valence-corrected chi connectivity index (χ0v) is 13.9. The van der Waals surface area contributed by atoms with E-state index >= 15 is 0 Å². The van der Waals surface area contributed by atoms with Gasteiger partial charge in [-0.05, 0) is 31.0 Å². The largest absolute Gasteiger partial charge is 0.335 e. The first kappa shape index (κ1) is 13.6. The summed E-state index contributed by atoms with van der Waals surface area (Å²) >= 11 is 10.3. The zero-order chi connectivity index (χ0) is 12.4. The second-order valence-corrected chi connectivity index (χ2v) is 6.59. The highest BCUT2D eigenvalue weighted by Gasteiger charge is 2.28. The Labute approximate surface area is 126 Å². The van der Waals surface area contributed by atoms with Crippen LogP contribution in [-0.4, -0.2) is 28.7 Å². The number of hydrogen-bond donors (Lipinski definition) is 0. The maximum atomic E-state index is 12.4. The topological polar surface area (TPSA) is 20.3 Å². The number of amides is 1. The quantitative estimate of drug-likeness (QED) is 0.650. The third-order valence-corrected chi connectivity index (χ3v) is 4.59. The van der Waals surface area contributed by atoms with Crippen molar-refractivity contribution in [1.82, 2.24) is 4.90 Å². The van der Waals surface area contributed by atoms with Gasteiger partial charge in [-0.1, -0.05) is 47.8 Å². The van der Waals surface area contributed by atoms with Gasteiger partial charge in [0, 0.05) is 32.4 Å². The Hall–Kier alpha value is 0.130. The first-order chi connectivity index (χ1) is 8.11. The van der Waals surface area contributed by atoms with E-state index in [0.717, 1.165) is 39.2 Å². The molecular weight excluding hydrogens is 414 g/mol. The summed E-state index contributed by atoms with van der Waals surface area (Å²) in [6.07, 6.45) is 2.18. The molecule has 1 fully saturated rings. The van der Waals surface area contributed by atoms with Crippen LogP contribution < -0.4 is 0 Å². The summed E-state index contributed by atoms with van der Waals surface area (Å²) in [7, 11) is 0. The number of hydrogen-bond acceptors (Lipinski definition) is 1. The molecule has 1 aliphatic rings. The Morgan fingerprint density at radius 1 is 1.29 bits per heavy atom. The van der Waals surface area contributed by atoms with Crippen molar-refractivity contribution >= 4 is 53.7 Å². The first-order valence-electron chi connectivity index (χ1n) is 5.45. The molecule has 0 aliphatic carbocycles. The van der Waals surface area contributed by atoms with Crippen LogP contribution in [0.4, 0.5) is 0 Å². The predicted molar refractivity (Wildman–Crippen MR) is 79.7 cm³/mol. The van der Waals surface area contributed by atoms with Crippen LogP contribution in [0.15, 0.2) is 27.1 Å².